The monoisotopic (exact) mass is 372 g/mol. The van der Waals surface area contributed by atoms with E-state index in [1.165, 1.54) is 19.3 Å². The topological polar surface area (TPSA) is 87.0 Å². The fourth-order valence-electron chi connectivity index (χ4n) is 7.48. The fraction of sp³-hybridized carbons (Fsp3) is 1.00. The Hall–Kier alpha value is 0.0700. The van der Waals surface area contributed by atoms with Gasteiger partial charge in [0.2, 0.25) is 0 Å². The lowest BCUT2D eigenvalue weighted by Crippen LogP contribution is -2.54. The van der Waals surface area contributed by atoms with Crippen molar-refractivity contribution in [3.05, 3.63) is 0 Å². The van der Waals surface area contributed by atoms with E-state index in [1.54, 1.807) is 0 Å². The average molecular weight is 372 g/mol. The molecule has 8 atom stereocenters. The van der Waals surface area contributed by atoms with Gasteiger partial charge in [0.15, 0.2) is 0 Å². The molecule has 0 radical (unpaired) electrons. The van der Waals surface area contributed by atoms with Gasteiger partial charge in [-0.15, -0.1) is 0 Å². The van der Waals surface area contributed by atoms with E-state index in [0.717, 1.165) is 44.4 Å². The first-order valence-electron chi connectivity index (χ1n) is 10.1. The summed E-state index contributed by atoms with van der Waals surface area (Å²) in [6, 6.07) is 0. The van der Waals surface area contributed by atoms with Crippen molar-refractivity contribution >= 4 is 7.82 Å². The number of rotatable bonds is 2. The van der Waals surface area contributed by atoms with Gasteiger partial charge in [0.05, 0.1) is 12.2 Å². The smallest absolute Gasteiger partial charge is 0.393 e. The van der Waals surface area contributed by atoms with E-state index in [2.05, 4.69) is 13.8 Å². The zero-order valence-electron chi connectivity index (χ0n) is 15.4. The number of hydrogen-bond donors (Lipinski definition) is 3. The van der Waals surface area contributed by atoms with Crippen molar-refractivity contribution in [2.75, 3.05) is 0 Å². The van der Waals surface area contributed by atoms with Gasteiger partial charge in [0, 0.05) is 0 Å². The molecule has 4 aliphatic rings. The normalized spacial score (nSPS) is 53.0. The minimum absolute atomic E-state index is 0.116. The van der Waals surface area contributed by atoms with Crippen molar-refractivity contribution in [3.63, 3.8) is 0 Å². The highest BCUT2D eigenvalue weighted by molar-refractivity contribution is 7.46. The zero-order valence-corrected chi connectivity index (χ0v) is 16.3. The number of hydrogen-bond acceptors (Lipinski definition) is 3. The molecule has 5 nitrogen and oxygen atoms in total. The third kappa shape index (κ3) is 2.95. The predicted octanol–water partition coefficient (Wildman–Crippen LogP) is 3.87. The maximum Gasteiger partial charge on any atom is 0.469 e. The van der Waals surface area contributed by atoms with E-state index >= 15 is 0 Å². The molecule has 0 amide bonds. The molecule has 0 unspecified atom stereocenters. The lowest BCUT2D eigenvalue weighted by atomic mass is 9.45. The second-order valence-corrected chi connectivity index (χ2v) is 11.0. The van der Waals surface area contributed by atoms with E-state index in [1.807, 2.05) is 0 Å². The zero-order chi connectivity index (χ0) is 18.0. The van der Waals surface area contributed by atoms with Crippen LogP contribution >= 0.6 is 7.82 Å². The molecule has 25 heavy (non-hydrogen) atoms. The first kappa shape index (κ1) is 18.4. The summed E-state index contributed by atoms with van der Waals surface area (Å²) in [6.45, 7) is 4.74. The Morgan fingerprint density at radius 2 is 1.60 bits per heavy atom. The van der Waals surface area contributed by atoms with Crippen LogP contribution in [0.15, 0.2) is 0 Å². The van der Waals surface area contributed by atoms with Crippen LogP contribution in [-0.2, 0) is 9.09 Å². The number of phosphoric ester groups is 1. The maximum atomic E-state index is 11.2. The van der Waals surface area contributed by atoms with Crippen molar-refractivity contribution in [2.45, 2.75) is 83.8 Å². The van der Waals surface area contributed by atoms with Gasteiger partial charge in [-0.05, 0) is 92.3 Å². The highest BCUT2D eigenvalue weighted by Crippen LogP contribution is 2.66. The Balaban J connectivity index is 1.52. The Kier molecular flexibility index (Phi) is 4.45. The lowest BCUT2D eigenvalue weighted by Gasteiger charge is -2.60. The molecule has 0 heterocycles. The molecule has 0 aromatic carbocycles. The fourth-order valence-corrected chi connectivity index (χ4v) is 8.06. The third-order valence-corrected chi connectivity index (χ3v) is 9.43. The molecule has 4 aliphatic carbocycles. The third-order valence-electron chi connectivity index (χ3n) is 8.85. The molecule has 4 saturated carbocycles. The summed E-state index contributed by atoms with van der Waals surface area (Å²) in [5.74, 6) is 2.58. The van der Waals surface area contributed by atoms with E-state index in [0.29, 0.717) is 17.8 Å². The molecule has 0 aliphatic heterocycles. The second-order valence-electron chi connectivity index (χ2n) is 9.79. The van der Waals surface area contributed by atoms with Gasteiger partial charge < -0.3 is 14.9 Å². The Morgan fingerprint density at radius 3 is 2.32 bits per heavy atom. The van der Waals surface area contributed by atoms with Gasteiger partial charge >= 0.3 is 7.82 Å². The summed E-state index contributed by atoms with van der Waals surface area (Å²) in [6.07, 6.45) is 8.94. The molecular weight excluding hydrogens is 339 g/mol. The van der Waals surface area contributed by atoms with Crippen molar-refractivity contribution in [1.29, 1.82) is 0 Å². The molecule has 0 spiro atoms. The standard InChI is InChI=1S/C19H33O5P/c1-18-9-7-13(24-25(21,22)23)11-12(18)3-4-14-15-5-6-17(20)19(15,2)10-8-16(14)18/h12-17,20H,3-11H2,1-2H3,(H2,21,22,23)/t12-,13-,14-,15-,16-,17-,18-,19-/m0/s1. The van der Waals surface area contributed by atoms with Crippen molar-refractivity contribution < 1.29 is 24.0 Å². The molecule has 144 valence electrons. The Morgan fingerprint density at radius 1 is 0.920 bits per heavy atom. The molecule has 6 heteroatoms. The Bertz CT molecular complexity index is 576. The Labute approximate surface area is 150 Å². The molecule has 0 aromatic rings. The van der Waals surface area contributed by atoms with Gasteiger partial charge in [-0.3, -0.25) is 4.52 Å². The van der Waals surface area contributed by atoms with Gasteiger partial charge in [0.1, 0.15) is 0 Å². The summed E-state index contributed by atoms with van der Waals surface area (Å²) >= 11 is 0. The number of phosphoric acid groups is 1. The summed E-state index contributed by atoms with van der Waals surface area (Å²) in [5.41, 5.74) is 0.387. The van der Waals surface area contributed by atoms with Crippen LogP contribution < -0.4 is 0 Å². The van der Waals surface area contributed by atoms with Crippen LogP contribution in [0.5, 0.6) is 0 Å². The van der Waals surface area contributed by atoms with Crippen LogP contribution in [-0.4, -0.2) is 27.1 Å². The lowest BCUT2D eigenvalue weighted by molar-refractivity contribution is -0.132. The van der Waals surface area contributed by atoms with Crippen LogP contribution in [0.3, 0.4) is 0 Å². The largest absolute Gasteiger partial charge is 0.469 e. The summed E-state index contributed by atoms with van der Waals surface area (Å²) in [5, 5.41) is 10.5. The summed E-state index contributed by atoms with van der Waals surface area (Å²) in [7, 11) is -4.39. The van der Waals surface area contributed by atoms with Gasteiger partial charge in [-0.2, -0.15) is 0 Å². The minimum Gasteiger partial charge on any atom is -0.393 e. The average Bonchev–Trinajstić information content (AvgIpc) is 2.82. The van der Waals surface area contributed by atoms with Crippen LogP contribution in [0.2, 0.25) is 0 Å². The first-order valence-corrected chi connectivity index (χ1v) is 11.6. The summed E-state index contributed by atoms with van der Waals surface area (Å²) in [4.78, 5) is 18.3. The number of fused-ring (bicyclic) bond motifs is 5. The molecule has 0 saturated heterocycles. The van der Waals surface area contributed by atoms with Crippen LogP contribution in [0.4, 0.5) is 0 Å². The highest BCUT2D eigenvalue weighted by atomic mass is 31.2. The minimum atomic E-state index is -4.39. The van der Waals surface area contributed by atoms with Crippen LogP contribution in [0.25, 0.3) is 0 Å². The van der Waals surface area contributed by atoms with Gasteiger partial charge in [-0.25, -0.2) is 4.57 Å². The molecule has 0 aromatic heterocycles. The quantitative estimate of drug-likeness (QED) is 0.641. The van der Waals surface area contributed by atoms with Gasteiger partial charge in [-0.1, -0.05) is 13.8 Å². The predicted molar refractivity (Wildman–Crippen MR) is 94.7 cm³/mol. The second kappa shape index (κ2) is 6.04. The first-order chi connectivity index (χ1) is 11.6. The van der Waals surface area contributed by atoms with Crippen molar-refractivity contribution in [3.8, 4) is 0 Å². The number of aliphatic hydroxyl groups excluding tert-OH is 1. The summed E-state index contributed by atoms with van der Waals surface area (Å²) < 4.78 is 16.2. The van der Waals surface area contributed by atoms with Crippen molar-refractivity contribution in [2.24, 2.45) is 34.5 Å². The molecule has 0 bridgehead atoms. The number of aliphatic hydroxyl groups is 1. The maximum absolute atomic E-state index is 11.2. The van der Waals surface area contributed by atoms with Crippen LogP contribution in [0, 0.1) is 34.5 Å². The van der Waals surface area contributed by atoms with E-state index < -0.39 is 7.82 Å². The van der Waals surface area contributed by atoms with E-state index in [4.69, 9.17) is 14.3 Å². The molecule has 4 fully saturated rings. The molecular formula is C19H33O5P. The van der Waals surface area contributed by atoms with Crippen molar-refractivity contribution in [1.82, 2.24) is 0 Å². The van der Waals surface area contributed by atoms with E-state index in [9.17, 15) is 9.67 Å². The molecule has 4 rings (SSSR count). The van der Waals surface area contributed by atoms with Crippen LogP contribution in [0.1, 0.15) is 71.6 Å². The van der Waals surface area contributed by atoms with Gasteiger partial charge in [0.25, 0.3) is 0 Å². The SMILES string of the molecule is C[C@]12CC[C@H](OP(=O)(O)O)C[C@@H]1CC[C@@H]1[C@@H]2CC[C@]2(C)[C@@H](O)CC[C@@H]12. The highest BCUT2D eigenvalue weighted by Gasteiger charge is 2.60. The van der Waals surface area contributed by atoms with E-state index in [-0.39, 0.29) is 23.0 Å². The molecule has 3 N–H and O–H groups in total.